The smallest absolute Gasteiger partial charge is 0.142 e. The fraction of sp³-hybridized carbons (Fsp3) is 0.250. The van der Waals surface area contributed by atoms with Crippen LogP contribution in [0.3, 0.4) is 0 Å². The zero-order chi connectivity index (χ0) is 14.7. The molecule has 0 spiro atoms. The Hall–Kier alpha value is -1.09. The van der Waals surface area contributed by atoms with Crippen molar-refractivity contribution in [1.82, 2.24) is 5.32 Å². The van der Waals surface area contributed by atoms with Crippen molar-refractivity contribution in [3.63, 3.8) is 0 Å². The molecule has 0 saturated heterocycles. The first-order chi connectivity index (χ1) is 9.47. The Morgan fingerprint density at radius 2 is 1.60 bits per heavy atom. The van der Waals surface area contributed by atoms with E-state index in [2.05, 4.69) is 12.2 Å². The van der Waals surface area contributed by atoms with Crippen molar-refractivity contribution in [2.45, 2.75) is 25.9 Å². The highest BCUT2D eigenvalue weighted by Crippen LogP contribution is 2.24. The van der Waals surface area contributed by atoms with Crippen molar-refractivity contribution in [3.8, 4) is 0 Å². The largest absolute Gasteiger partial charge is 0.304 e. The summed E-state index contributed by atoms with van der Waals surface area (Å²) in [6.45, 7) is 4.04. The maximum Gasteiger partial charge on any atom is 0.142 e. The molecule has 0 bridgehead atoms. The van der Waals surface area contributed by atoms with Gasteiger partial charge in [-0.25, -0.2) is 4.39 Å². The number of hydrogen-bond acceptors (Lipinski definition) is 1. The van der Waals surface area contributed by atoms with E-state index in [1.54, 1.807) is 6.07 Å². The summed E-state index contributed by atoms with van der Waals surface area (Å²) in [4.78, 5) is 0. The van der Waals surface area contributed by atoms with E-state index in [0.717, 1.165) is 11.1 Å². The van der Waals surface area contributed by atoms with Crippen molar-refractivity contribution in [1.29, 1.82) is 0 Å². The van der Waals surface area contributed by atoms with Crippen LogP contribution in [-0.4, -0.2) is 0 Å². The highest BCUT2D eigenvalue weighted by atomic mass is 35.5. The highest BCUT2D eigenvalue weighted by molar-refractivity contribution is 6.30. The summed E-state index contributed by atoms with van der Waals surface area (Å²) < 4.78 is 13.5. The Kier molecular flexibility index (Phi) is 5.03. The van der Waals surface area contributed by atoms with E-state index >= 15 is 0 Å². The van der Waals surface area contributed by atoms with Gasteiger partial charge in [-0.05, 0) is 49.2 Å². The lowest BCUT2D eigenvalue weighted by molar-refractivity contribution is 0.492. The summed E-state index contributed by atoms with van der Waals surface area (Å²) in [7, 11) is 0. The van der Waals surface area contributed by atoms with Crippen LogP contribution in [0.5, 0.6) is 0 Å². The van der Waals surface area contributed by atoms with Gasteiger partial charge in [0.2, 0.25) is 0 Å². The van der Waals surface area contributed by atoms with E-state index in [0.29, 0.717) is 5.02 Å². The number of nitrogens with one attached hydrogen (secondary N) is 1. The lowest BCUT2D eigenvalue weighted by atomic mass is 10.0. The summed E-state index contributed by atoms with van der Waals surface area (Å²) in [5.41, 5.74) is 1.96. The number of benzene rings is 2. The zero-order valence-electron chi connectivity index (χ0n) is 11.3. The summed E-state index contributed by atoms with van der Waals surface area (Å²) >= 11 is 11.7. The molecule has 0 amide bonds. The lowest BCUT2D eigenvalue weighted by Crippen LogP contribution is -2.22. The molecule has 0 fully saturated rings. The minimum Gasteiger partial charge on any atom is -0.304 e. The molecular weight excluding hydrogens is 296 g/mol. The molecular formula is C16H16Cl2FN. The topological polar surface area (TPSA) is 12.0 Å². The summed E-state index contributed by atoms with van der Waals surface area (Å²) in [5.74, 6) is -0.395. The maximum absolute atomic E-state index is 13.5. The minimum absolute atomic E-state index is 0.00995. The van der Waals surface area contributed by atoms with Crippen LogP contribution in [0.2, 0.25) is 10.0 Å². The van der Waals surface area contributed by atoms with Gasteiger partial charge in [-0.1, -0.05) is 41.4 Å². The van der Waals surface area contributed by atoms with Gasteiger partial charge in [-0.2, -0.15) is 0 Å². The van der Waals surface area contributed by atoms with Gasteiger partial charge in [-0.3, -0.25) is 0 Å². The Morgan fingerprint density at radius 1 is 0.950 bits per heavy atom. The minimum atomic E-state index is -0.395. The lowest BCUT2D eigenvalue weighted by Gasteiger charge is -2.21. The molecule has 2 aromatic carbocycles. The molecule has 0 aromatic heterocycles. The third-order valence-electron chi connectivity index (χ3n) is 3.29. The molecule has 0 heterocycles. The van der Waals surface area contributed by atoms with E-state index in [9.17, 15) is 4.39 Å². The van der Waals surface area contributed by atoms with E-state index in [4.69, 9.17) is 23.2 Å². The van der Waals surface area contributed by atoms with Crippen LogP contribution in [0.1, 0.15) is 37.1 Å². The van der Waals surface area contributed by atoms with Crippen LogP contribution in [0.4, 0.5) is 4.39 Å². The molecule has 2 atom stereocenters. The third-order valence-corrected chi connectivity index (χ3v) is 3.83. The van der Waals surface area contributed by atoms with Crippen molar-refractivity contribution >= 4 is 23.2 Å². The summed E-state index contributed by atoms with van der Waals surface area (Å²) in [5, 5.41) is 4.27. The first-order valence-electron chi connectivity index (χ1n) is 6.44. The average molecular weight is 312 g/mol. The van der Waals surface area contributed by atoms with Crippen molar-refractivity contribution in [2.75, 3.05) is 0 Å². The molecule has 4 heteroatoms. The van der Waals surface area contributed by atoms with Gasteiger partial charge in [0, 0.05) is 17.1 Å². The Morgan fingerprint density at radius 3 is 2.20 bits per heavy atom. The molecule has 20 heavy (non-hydrogen) atoms. The normalized spacial score (nSPS) is 14.1. The molecule has 1 N–H and O–H groups in total. The van der Waals surface area contributed by atoms with Crippen molar-refractivity contribution in [3.05, 3.63) is 69.5 Å². The molecule has 106 valence electrons. The summed E-state index contributed by atoms with van der Waals surface area (Å²) in [6.07, 6.45) is 0. The first kappa shape index (κ1) is 15.3. The molecule has 0 aliphatic carbocycles. The standard InChI is InChI=1S/C16H16Cl2FN/c1-10(12-4-3-5-14(17)8-12)20-11(2)13-6-7-15(18)16(19)9-13/h3-11,20H,1-2H3/t10-,11?/m1/s1. The fourth-order valence-electron chi connectivity index (χ4n) is 2.13. The average Bonchev–Trinajstić information content (AvgIpc) is 2.41. The SMILES string of the molecule is CC(N[C@H](C)c1cccc(Cl)c1)c1ccc(Cl)c(F)c1. The van der Waals surface area contributed by atoms with Crippen LogP contribution < -0.4 is 5.32 Å². The second-order valence-corrected chi connectivity index (χ2v) is 5.68. The quantitative estimate of drug-likeness (QED) is 0.781. The van der Waals surface area contributed by atoms with Crippen LogP contribution in [0.15, 0.2) is 42.5 Å². The van der Waals surface area contributed by atoms with Gasteiger partial charge in [0.05, 0.1) is 5.02 Å². The predicted octanol–water partition coefficient (Wildman–Crippen LogP) is 5.54. The van der Waals surface area contributed by atoms with Gasteiger partial charge >= 0.3 is 0 Å². The van der Waals surface area contributed by atoms with Gasteiger partial charge in [0.15, 0.2) is 0 Å². The van der Waals surface area contributed by atoms with Crippen molar-refractivity contribution < 1.29 is 4.39 Å². The van der Waals surface area contributed by atoms with E-state index in [1.807, 2.05) is 37.3 Å². The van der Waals surface area contributed by atoms with Crippen LogP contribution in [-0.2, 0) is 0 Å². The highest BCUT2D eigenvalue weighted by Gasteiger charge is 2.12. The van der Waals surface area contributed by atoms with Gasteiger partial charge in [-0.15, -0.1) is 0 Å². The maximum atomic E-state index is 13.5. The first-order valence-corrected chi connectivity index (χ1v) is 7.19. The number of rotatable bonds is 4. The van der Waals surface area contributed by atoms with E-state index in [-0.39, 0.29) is 17.1 Å². The molecule has 2 rings (SSSR count). The second-order valence-electron chi connectivity index (χ2n) is 4.84. The molecule has 0 aliphatic heterocycles. The molecule has 0 aliphatic rings. The molecule has 1 unspecified atom stereocenters. The van der Waals surface area contributed by atoms with E-state index in [1.165, 1.54) is 6.07 Å². The van der Waals surface area contributed by atoms with Crippen LogP contribution in [0, 0.1) is 5.82 Å². The molecule has 1 nitrogen and oxygen atoms in total. The van der Waals surface area contributed by atoms with E-state index < -0.39 is 5.82 Å². The van der Waals surface area contributed by atoms with Gasteiger partial charge < -0.3 is 5.32 Å². The Labute approximate surface area is 128 Å². The molecule has 2 aromatic rings. The van der Waals surface area contributed by atoms with Gasteiger partial charge in [0.25, 0.3) is 0 Å². The Bertz CT molecular complexity index is 601. The van der Waals surface area contributed by atoms with Gasteiger partial charge in [0.1, 0.15) is 5.82 Å². The fourth-order valence-corrected chi connectivity index (χ4v) is 2.44. The van der Waals surface area contributed by atoms with Crippen LogP contribution >= 0.6 is 23.2 Å². The second kappa shape index (κ2) is 6.57. The zero-order valence-corrected chi connectivity index (χ0v) is 12.8. The van der Waals surface area contributed by atoms with Crippen molar-refractivity contribution in [2.24, 2.45) is 0 Å². The monoisotopic (exact) mass is 311 g/mol. The third kappa shape index (κ3) is 3.72. The molecule has 0 radical (unpaired) electrons. The van der Waals surface area contributed by atoms with Crippen LogP contribution in [0.25, 0.3) is 0 Å². The summed E-state index contributed by atoms with van der Waals surface area (Å²) in [6, 6.07) is 12.7. The predicted molar refractivity (Wildman–Crippen MR) is 82.8 cm³/mol. The Balaban J connectivity index is 2.10. The number of hydrogen-bond donors (Lipinski definition) is 1. The number of halogens is 3. The molecule has 0 saturated carbocycles.